The predicted molar refractivity (Wildman–Crippen MR) is 61.8 cm³/mol. The van der Waals surface area contributed by atoms with E-state index in [4.69, 9.17) is 31.5 Å². The van der Waals surface area contributed by atoms with Crippen LogP contribution >= 0.6 is 7.82 Å². The Morgan fingerprint density at radius 3 is 2.10 bits per heavy atom. The van der Waals surface area contributed by atoms with Crippen molar-refractivity contribution in [1.29, 1.82) is 0 Å². The number of rotatable bonds is 2. The van der Waals surface area contributed by atoms with Crippen molar-refractivity contribution < 1.29 is 50.6 Å². The smallest absolute Gasteiger partial charge is 0.394 e. The van der Waals surface area contributed by atoms with Crippen LogP contribution in [0.4, 0.5) is 0 Å². The van der Waals surface area contributed by atoms with Gasteiger partial charge in [0.1, 0.15) is 18.3 Å². The van der Waals surface area contributed by atoms with E-state index in [0.29, 0.717) is 0 Å². The van der Waals surface area contributed by atoms with Gasteiger partial charge in [-0.15, -0.1) is 0 Å². The third-order valence-corrected chi connectivity index (χ3v) is 2.55. The summed E-state index contributed by atoms with van der Waals surface area (Å²) in [6.07, 6.45) is -7.86. The van der Waals surface area contributed by atoms with E-state index in [1.165, 1.54) is 0 Å². The SMILES string of the molecule is O=P(O)(O)O.[2H]C1(O)O[C@H](CO)[C@@H](O)[C@H](O)[C@]1(N)C(C)=O. The van der Waals surface area contributed by atoms with Crippen LogP contribution in [0, 0.1) is 0 Å². The zero-order valence-electron chi connectivity index (χ0n) is 11.3. The summed E-state index contributed by atoms with van der Waals surface area (Å²) in [6.45, 7) is 0.228. The van der Waals surface area contributed by atoms with E-state index in [0.717, 1.165) is 6.92 Å². The van der Waals surface area contributed by atoms with Gasteiger partial charge >= 0.3 is 7.82 Å². The number of hydrogen-bond donors (Lipinski definition) is 8. The van der Waals surface area contributed by atoms with Gasteiger partial charge < -0.3 is 45.6 Å². The fraction of sp³-hybridized carbons (Fsp3) is 0.875. The minimum Gasteiger partial charge on any atom is -0.394 e. The van der Waals surface area contributed by atoms with E-state index >= 15 is 0 Å². The van der Waals surface area contributed by atoms with Gasteiger partial charge in [0, 0.05) is 0 Å². The maximum Gasteiger partial charge on any atom is 0.466 e. The molecule has 12 heteroatoms. The van der Waals surface area contributed by atoms with Crippen molar-refractivity contribution in [2.75, 3.05) is 6.61 Å². The van der Waals surface area contributed by atoms with Gasteiger partial charge in [0.15, 0.2) is 17.6 Å². The molecule has 5 atom stereocenters. The Balaban J connectivity index is 0.000000690. The van der Waals surface area contributed by atoms with Crippen LogP contribution in [0.2, 0.25) is 0 Å². The standard InChI is InChI=1S/C8H15NO6.H3O4P/c1-3(11)8(9)6(13)5(12)4(2-10)15-7(8)14;1-5(2,3)4/h4-7,10,12-14H,2,9H2,1H3;(H3,1,2,3,4)/t4-,5-,6+,7?,8-;/m1./s1/i7D;. The van der Waals surface area contributed by atoms with Crippen molar-refractivity contribution in [3.63, 3.8) is 0 Å². The Morgan fingerprint density at radius 2 is 1.80 bits per heavy atom. The van der Waals surface area contributed by atoms with Gasteiger partial charge in [-0.3, -0.25) is 4.79 Å². The molecule has 120 valence electrons. The topological polar surface area (TPSA) is 211 Å². The molecule has 0 aromatic heterocycles. The first kappa shape index (κ1) is 17.6. The number of carbonyl (C=O) groups excluding carboxylic acids is 1. The van der Waals surface area contributed by atoms with Gasteiger partial charge in [-0.1, -0.05) is 0 Å². The minimum atomic E-state index is -4.64. The Kier molecular flexibility index (Phi) is 6.16. The Hall–Kier alpha value is -0.460. The molecule has 20 heavy (non-hydrogen) atoms. The summed E-state index contributed by atoms with van der Waals surface area (Å²) in [5.74, 6) is -0.909. The van der Waals surface area contributed by atoms with E-state index in [1.807, 2.05) is 0 Å². The molecule has 1 aliphatic heterocycles. The fourth-order valence-electron chi connectivity index (χ4n) is 1.41. The molecule has 0 amide bonds. The molecule has 1 saturated heterocycles. The summed E-state index contributed by atoms with van der Waals surface area (Å²) in [4.78, 5) is 32.8. The molecular formula is C8H18NO10P. The number of Topliss-reactive ketones (excluding diaryl/α,β-unsaturated/α-hetero) is 1. The van der Waals surface area contributed by atoms with Gasteiger partial charge in [-0.05, 0) is 6.92 Å². The van der Waals surface area contributed by atoms with Crippen molar-refractivity contribution in [2.24, 2.45) is 5.73 Å². The Bertz CT molecular complexity index is 419. The van der Waals surface area contributed by atoms with Crippen molar-refractivity contribution in [2.45, 2.75) is 37.0 Å². The molecule has 1 heterocycles. The van der Waals surface area contributed by atoms with Crippen molar-refractivity contribution in [3.8, 4) is 0 Å². The average Bonchev–Trinajstić information content (AvgIpc) is 2.29. The monoisotopic (exact) mass is 320 g/mol. The second-order valence-corrected chi connectivity index (χ2v) is 5.04. The summed E-state index contributed by atoms with van der Waals surface area (Å²) >= 11 is 0. The normalized spacial score (nSPS) is 42.2. The lowest BCUT2D eigenvalue weighted by Gasteiger charge is -2.45. The van der Waals surface area contributed by atoms with E-state index in [2.05, 4.69) is 4.74 Å². The number of phosphoric acid groups is 1. The van der Waals surface area contributed by atoms with E-state index < -0.39 is 50.3 Å². The average molecular weight is 320 g/mol. The van der Waals surface area contributed by atoms with Gasteiger partial charge in [-0.2, -0.15) is 0 Å². The van der Waals surface area contributed by atoms with Gasteiger partial charge in [0.25, 0.3) is 0 Å². The molecule has 0 aromatic carbocycles. The first-order valence-electron chi connectivity index (χ1n) is 5.64. The molecule has 1 rings (SSSR count). The molecule has 1 fully saturated rings. The van der Waals surface area contributed by atoms with E-state index in [9.17, 15) is 20.1 Å². The summed E-state index contributed by atoms with van der Waals surface area (Å²) < 4.78 is 20.9. The van der Waals surface area contributed by atoms with Crippen LogP contribution in [0.25, 0.3) is 0 Å². The van der Waals surface area contributed by atoms with Crippen LogP contribution in [-0.2, 0) is 14.1 Å². The van der Waals surface area contributed by atoms with E-state index in [1.54, 1.807) is 0 Å². The molecule has 1 aliphatic rings. The molecular weight excluding hydrogens is 301 g/mol. The van der Waals surface area contributed by atoms with Gasteiger partial charge in [0.05, 0.1) is 7.98 Å². The highest BCUT2D eigenvalue weighted by atomic mass is 31.2. The number of hydrogen-bond acceptors (Lipinski definition) is 8. The lowest BCUT2D eigenvalue weighted by Crippen LogP contribution is -2.73. The lowest BCUT2D eigenvalue weighted by atomic mass is 9.81. The molecule has 11 nitrogen and oxygen atoms in total. The first-order chi connectivity index (χ1) is 9.18. The predicted octanol–water partition coefficient (Wildman–Crippen LogP) is -4.22. The lowest BCUT2D eigenvalue weighted by molar-refractivity contribution is -0.270. The highest BCUT2D eigenvalue weighted by Gasteiger charge is 2.55. The summed E-state index contributed by atoms with van der Waals surface area (Å²) in [7, 11) is -4.64. The maximum absolute atomic E-state index is 11.3. The fourth-order valence-corrected chi connectivity index (χ4v) is 1.41. The molecule has 1 unspecified atom stereocenters. The zero-order chi connectivity index (χ0) is 17.2. The van der Waals surface area contributed by atoms with Gasteiger partial charge in [0.2, 0.25) is 0 Å². The molecule has 0 saturated carbocycles. The number of ether oxygens (including phenoxy) is 1. The number of aliphatic hydroxyl groups excluding tert-OH is 3. The van der Waals surface area contributed by atoms with Crippen molar-refractivity contribution >= 4 is 13.6 Å². The third kappa shape index (κ3) is 4.82. The second kappa shape index (κ2) is 7.00. The van der Waals surface area contributed by atoms with Crippen molar-refractivity contribution in [1.82, 2.24) is 0 Å². The maximum atomic E-state index is 11.3. The third-order valence-electron chi connectivity index (χ3n) is 2.55. The van der Waals surface area contributed by atoms with Crippen LogP contribution in [-0.4, -0.2) is 77.6 Å². The molecule has 9 N–H and O–H groups in total. The molecule has 0 aromatic rings. The Morgan fingerprint density at radius 1 is 1.40 bits per heavy atom. The summed E-state index contributed by atoms with van der Waals surface area (Å²) in [6, 6.07) is 0. The van der Waals surface area contributed by atoms with E-state index in [-0.39, 0.29) is 0 Å². The second-order valence-electron chi connectivity index (χ2n) is 4.02. The summed E-state index contributed by atoms with van der Waals surface area (Å²) in [5, 5.41) is 37.5. The number of nitrogens with two attached hydrogens (primary N) is 1. The van der Waals surface area contributed by atoms with Crippen LogP contribution in [0.5, 0.6) is 0 Å². The number of aliphatic hydroxyl groups is 4. The van der Waals surface area contributed by atoms with Crippen LogP contribution in [0.1, 0.15) is 8.29 Å². The Labute approximate surface area is 114 Å². The van der Waals surface area contributed by atoms with Gasteiger partial charge in [-0.25, -0.2) is 4.57 Å². The quantitative estimate of drug-likeness (QED) is 0.228. The molecule has 0 radical (unpaired) electrons. The largest absolute Gasteiger partial charge is 0.466 e. The molecule has 0 aliphatic carbocycles. The van der Waals surface area contributed by atoms with Crippen LogP contribution < -0.4 is 5.73 Å². The zero-order valence-corrected chi connectivity index (χ0v) is 11.2. The highest BCUT2D eigenvalue weighted by Crippen LogP contribution is 2.27. The highest BCUT2D eigenvalue weighted by molar-refractivity contribution is 7.45. The summed E-state index contributed by atoms with van der Waals surface area (Å²) in [5.41, 5.74) is 2.97. The number of carbonyl (C=O) groups is 1. The number of ketones is 1. The molecule has 0 bridgehead atoms. The van der Waals surface area contributed by atoms with Crippen LogP contribution in [0.3, 0.4) is 0 Å². The van der Waals surface area contributed by atoms with Crippen LogP contribution in [0.15, 0.2) is 0 Å². The first-order valence-corrected chi connectivity index (χ1v) is 6.70. The molecule has 0 spiro atoms. The minimum absolute atomic E-state index is 0.729. The van der Waals surface area contributed by atoms with Crippen molar-refractivity contribution in [3.05, 3.63) is 0 Å².